The molecular formula is C17H23FN2O2. The maximum absolute atomic E-state index is 13.0. The van der Waals surface area contributed by atoms with E-state index >= 15 is 0 Å². The SMILES string of the molecule is CNC(=O)[C@@H]1CCO[C@@H]2CCN(Cc3ccc(F)cc3)C[C@@H]21. The first-order chi connectivity index (χ1) is 10.7. The summed E-state index contributed by atoms with van der Waals surface area (Å²) >= 11 is 0. The molecule has 1 N–H and O–H groups in total. The minimum Gasteiger partial charge on any atom is -0.378 e. The van der Waals surface area contributed by atoms with Crippen molar-refractivity contribution in [1.29, 1.82) is 0 Å². The van der Waals surface area contributed by atoms with Crippen LogP contribution in [0.5, 0.6) is 0 Å². The van der Waals surface area contributed by atoms with Crippen molar-refractivity contribution in [1.82, 2.24) is 10.2 Å². The van der Waals surface area contributed by atoms with Crippen molar-refractivity contribution in [3.05, 3.63) is 35.6 Å². The van der Waals surface area contributed by atoms with Gasteiger partial charge >= 0.3 is 0 Å². The van der Waals surface area contributed by atoms with Gasteiger partial charge in [0, 0.05) is 45.1 Å². The fourth-order valence-corrected chi connectivity index (χ4v) is 3.69. The lowest BCUT2D eigenvalue weighted by atomic mass is 9.79. The van der Waals surface area contributed by atoms with Gasteiger partial charge < -0.3 is 10.1 Å². The predicted octanol–water partition coefficient (Wildman–Crippen LogP) is 1.80. The second-order valence-electron chi connectivity index (χ2n) is 6.23. The van der Waals surface area contributed by atoms with E-state index in [1.54, 1.807) is 7.05 Å². The smallest absolute Gasteiger partial charge is 0.223 e. The maximum atomic E-state index is 13.0. The molecule has 2 aliphatic rings. The molecule has 0 saturated carbocycles. The molecule has 1 aromatic carbocycles. The Morgan fingerprint density at radius 1 is 1.36 bits per heavy atom. The van der Waals surface area contributed by atoms with Gasteiger partial charge in [-0.25, -0.2) is 4.39 Å². The number of hydrogen-bond donors (Lipinski definition) is 1. The van der Waals surface area contributed by atoms with Crippen LogP contribution >= 0.6 is 0 Å². The van der Waals surface area contributed by atoms with Gasteiger partial charge in [0.25, 0.3) is 0 Å². The van der Waals surface area contributed by atoms with Crippen molar-refractivity contribution in [2.45, 2.75) is 25.5 Å². The van der Waals surface area contributed by atoms with E-state index in [1.807, 2.05) is 12.1 Å². The zero-order chi connectivity index (χ0) is 15.5. The molecule has 0 bridgehead atoms. The number of nitrogens with zero attached hydrogens (tertiary/aromatic N) is 1. The Hall–Kier alpha value is -1.46. The summed E-state index contributed by atoms with van der Waals surface area (Å²) in [5.74, 6) is 0.215. The number of carbonyl (C=O) groups excluding carboxylic acids is 1. The summed E-state index contributed by atoms with van der Waals surface area (Å²) in [4.78, 5) is 14.4. The normalized spacial score (nSPS) is 28.9. The number of ether oxygens (including phenoxy) is 1. The molecule has 2 heterocycles. The third kappa shape index (κ3) is 3.31. The summed E-state index contributed by atoms with van der Waals surface area (Å²) in [5.41, 5.74) is 1.10. The van der Waals surface area contributed by atoms with Gasteiger partial charge in [-0.15, -0.1) is 0 Å². The van der Waals surface area contributed by atoms with E-state index in [0.29, 0.717) is 6.61 Å². The summed E-state index contributed by atoms with van der Waals surface area (Å²) in [7, 11) is 1.70. The van der Waals surface area contributed by atoms with E-state index in [1.165, 1.54) is 12.1 Å². The average Bonchev–Trinajstić information content (AvgIpc) is 2.55. The van der Waals surface area contributed by atoms with E-state index in [0.717, 1.165) is 38.0 Å². The van der Waals surface area contributed by atoms with Crippen molar-refractivity contribution in [2.24, 2.45) is 11.8 Å². The van der Waals surface area contributed by atoms with Crippen LogP contribution in [0.4, 0.5) is 4.39 Å². The maximum Gasteiger partial charge on any atom is 0.223 e. The fraction of sp³-hybridized carbons (Fsp3) is 0.588. The highest BCUT2D eigenvalue weighted by Gasteiger charge is 2.41. The largest absolute Gasteiger partial charge is 0.378 e. The first-order valence-electron chi connectivity index (χ1n) is 7.97. The summed E-state index contributed by atoms with van der Waals surface area (Å²) in [6, 6.07) is 6.66. The molecule has 0 aromatic heterocycles. The minimum absolute atomic E-state index is 0.0415. The Bertz CT molecular complexity index is 520. The van der Waals surface area contributed by atoms with Gasteiger partial charge in [-0.3, -0.25) is 9.69 Å². The number of hydrogen-bond acceptors (Lipinski definition) is 3. The highest BCUT2D eigenvalue weighted by Crippen LogP contribution is 2.33. The van der Waals surface area contributed by atoms with Crippen LogP contribution < -0.4 is 5.32 Å². The van der Waals surface area contributed by atoms with E-state index in [2.05, 4.69) is 10.2 Å². The molecule has 5 heteroatoms. The molecule has 22 heavy (non-hydrogen) atoms. The van der Waals surface area contributed by atoms with Crippen LogP contribution in [-0.4, -0.2) is 43.7 Å². The van der Waals surface area contributed by atoms with Crippen LogP contribution in [0.1, 0.15) is 18.4 Å². The lowest BCUT2D eigenvalue weighted by Crippen LogP contribution is -2.52. The van der Waals surface area contributed by atoms with Gasteiger partial charge in [-0.05, 0) is 30.5 Å². The Morgan fingerprint density at radius 2 is 2.14 bits per heavy atom. The first kappa shape index (κ1) is 15.4. The standard InChI is InChI=1S/C17H23FN2O2/c1-19-17(21)14-7-9-22-16-6-8-20(11-15(14)16)10-12-2-4-13(18)5-3-12/h2-5,14-16H,6-11H2,1H3,(H,19,21)/t14-,15-,16-/m1/s1. The van der Waals surface area contributed by atoms with Crippen LogP contribution in [-0.2, 0) is 16.1 Å². The fourth-order valence-electron chi connectivity index (χ4n) is 3.69. The highest BCUT2D eigenvalue weighted by atomic mass is 19.1. The lowest BCUT2D eigenvalue weighted by Gasteiger charge is -2.44. The van der Waals surface area contributed by atoms with Crippen molar-refractivity contribution >= 4 is 5.91 Å². The highest BCUT2D eigenvalue weighted by molar-refractivity contribution is 5.78. The second-order valence-corrected chi connectivity index (χ2v) is 6.23. The van der Waals surface area contributed by atoms with Crippen LogP contribution in [0, 0.1) is 17.7 Å². The summed E-state index contributed by atoms with van der Waals surface area (Å²) in [6.07, 6.45) is 1.95. The molecule has 2 saturated heterocycles. The third-order valence-corrected chi connectivity index (χ3v) is 4.86. The zero-order valence-electron chi connectivity index (χ0n) is 12.9. The molecule has 2 aliphatic heterocycles. The summed E-state index contributed by atoms with van der Waals surface area (Å²) in [5, 5.41) is 2.78. The van der Waals surface area contributed by atoms with Gasteiger partial charge in [-0.1, -0.05) is 12.1 Å². The molecule has 3 rings (SSSR count). The molecule has 120 valence electrons. The lowest BCUT2D eigenvalue weighted by molar-refractivity contribution is -0.141. The number of amides is 1. The van der Waals surface area contributed by atoms with E-state index in [-0.39, 0.29) is 29.7 Å². The molecule has 3 atom stereocenters. The van der Waals surface area contributed by atoms with Gasteiger partial charge in [0.05, 0.1) is 6.10 Å². The number of carbonyl (C=O) groups is 1. The number of nitrogens with one attached hydrogen (secondary N) is 1. The van der Waals surface area contributed by atoms with Gasteiger partial charge in [0.2, 0.25) is 5.91 Å². The van der Waals surface area contributed by atoms with Crippen molar-refractivity contribution < 1.29 is 13.9 Å². The number of benzene rings is 1. The molecule has 0 aliphatic carbocycles. The Labute approximate surface area is 130 Å². The molecule has 0 radical (unpaired) electrons. The van der Waals surface area contributed by atoms with Gasteiger partial charge in [0.1, 0.15) is 5.82 Å². The molecule has 1 aromatic rings. The third-order valence-electron chi connectivity index (χ3n) is 4.86. The minimum atomic E-state index is -0.206. The molecule has 1 amide bonds. The average molecular weight is 306 g/mol. The number of likely N-dealkylation sites (tertiary alicyclic amines) is 1. The van der Waals surface area contributed by atoms with Crippen LogP contribution in [0.25, 0.3) is 0 Å². The summed E-state index contributed by atoms with van der Waals surface area (Å²) in [6.45, 7) is 3.29. The van der Waals surface area contributed by atoms with Crippen LogP contribution in [0.3, 0.4) is 0 Å². The second kappa shape index (κ2) is 6.75. The molecule has 2 fully saturated rings. The van der Waals surface area contributed by atoms with Crippen molar-refractivity contribution in [2.75, 3.05) is 26.7 Å². The molecule has 4 nitrogen and oxygen atoms in total. The summed E-state index contributed by atoms with van der Waals surface area (Å²) < 4.78 is 18.9. The number of rotatable bonds is 3. The Morgan fingerprint density at radius 3 is 2.86 bits per heavy atom. The van der Waals surface area contributed by atoms with Crippen LogP contribution in [0.2, 0.25) is 0 Å². The van der Waals surface area contributed by atoms with E-state index in [9.17, 15) is 9.18 Å². The Balaban J connectivity index is 1.66. The quantitative estimate of drug-likeness (QED) is 0.926. The first-order valence-corrected chi connectivity index (χ1v) is 7.97. The number of piperidine rings is 1. The monoisotopic (exact) mass is 306 g/mol. The zero-order valence-corrected chi connectivity index (χ0v) is 12.9. The Kier molecular flexibility index (Phi) is 4.74. The molecular weight excluding hydrogens is 283 g/mol. The van der Waals surface area contributed by atoms with Crippen molar-refractivity contribution in [3.8, 4) is 0 Å². The van der Waals surface area contributed by atoms with Crippen molar-refractivity contribution in [3.63, 3.8) is 0 Å². The van der Waals surface area contributed by atoms with E-state index < -0.39 is 0 Å². The topological polar surface area (TPSA) is 41.6 Å². The number of halogens is 1. The van der Waals surface area contributed by atoms with E-state index in [4.69, 9.17) is 4.74 Å². The van der Waals surface area contributed by atoms with Gasteiger partial charge in [-0.2, -0.15) is 0 Å². The van der Waals surface area contributed by atoms with Gasteiger partial charge in [0.15, 0.2) is 0 Å². The predicted molar refractivity (Wildman–Crippen MR) is 81.7 cm³/mol. The van der Waals surface area contributed by atoms with Crippen LogP contribution in [0.15, 0.2) is 24.3 Å². The number of fused-ring (bicyclic) bond motifs is 1. The molecule has 0 unspecified atom stereocenters. The molecule has 0 spiro atoms.